The second kappa shape index (κ2) is 6.81. The molecule has 26 heavy (non-hydrogen) atoms. The van der Waals surface area contributed by atoms with Crippen LogP contribution in [0.2, 0.25) is 0 Å². The lowest BCUT2D eigenvalue weighted by Crippen LogP contribution is -2.63. The van der Waals surface area contributed by atoms with Crippen LogP contribution in [0.15, 0.2) is 30.4 Å². The minimum Gasteiger partial charge on any atom is -0.497 e. The SMILES string of the molecule is COc1ccc(CN2[C@H]3C=C[C@@]2(OC(=O)C(F)(F)F)CNC3)c(OC)c1. The third-order valence-corrected chi connectivity index (χ3v) is 4.53. The predicted molar refractivity (Wildman–Crippen MR) is 85.8 cm³/mol. The number of piperazine rings is 1. The second-order valence-corrected chi connectivity index (χ2v) is 6.10. The number of ether oxygens (including phenoxy) is 3. The van der Waals surface area contributed by atoms with Gasteiger partial charge in [-0.15, -0.1) is 0 Å². The molecule has 9 heteroatoms. The molecular formula is C17H19F3N2O4. The van der Waals surface area contributed by atoms with Gasteiger partial charge in [0.1, 0.15) is 11.5 Å². The van der Waals surface area contributed by atoms with Gasteiger partial charge in [-0.05, 0) is 12.1 Å². The highest BCUT2D eigenvalue weighted by atomic mass is 19.4. The summed E-state index contributed by atoms with van der Waals surface area (Å²) in [5.41, 5.74) is -0.739. The molecule has 3 rings (SSSR count). The molecule has 0 aliphatic carbocycles. The van der Waals surface area contributed by atoms with Crippen LogP contribution >= 0.6 is 0 Å². The van der Waals surface area contributed by atoms with E-state index in [0.717, 1.165) is 5.56 Å². The van der Waals surface area contributed by atoms with Gasteiger partial charge in [0.15, 0.2) is 5.72 Å². The molecule has 1 aromatic carbocycles. The molecule has 142 valence electrons. The van der Waals surface area contributed by atoms with Crippen molar-refractivity contribution in [1.29, 1.82) is 0 Å². The molecule has 0 spiro atoms. The maximum atomic E-state index is 12.7. The molecule has 0 aromatic heterocycles. The molecule has 0 saturated carbocycles. The van der Waals surface area contributed by atoms with E-state index >= 15 is 0 Å². The number of esters is 1. The van der Waals surface area contributed by atoms with Crippen molar-refractivity contribution in [2.24, 2.45) is 0 Å². The van der Waals surface area contributed by atoms with Crippen LogP contribution in [0, 0.1) is 0 Å². The lowest BCUT2D eigenvalue weighted by atomic mass is 10.1. The van der Waals surface area contributed by atoms with Gasteiger partial charge in [0, 0.05) is 30.8 Å². The van der Waals surface area contributed by atoms with Crippen molar-refractivity contribution in [2.75, 3.05) is 27.3 Å². The van der Waals surface area contributed by atoms with Gasteiger partial charge < -0.3 is 19.5 Å². The first-order chi connectivity index (χ1) is 12.3. The third-order valence-electron chi connectivity index (χ3n) is 4.53. The lowest BCUT2D eigenvalue weighted by Gasteiger charge is -2.44. The Hall–Kier alpha value is -2.26. The fraction of sp³-hybridized carbons (Fsp3) is 0.471. The van der Waals surface area contributed by atoms with E-state index in [2.05, 4.69) is 5.32 Å². The number of nitrogens with one attached hydrogen (secondary N) is 1. The Balaban J connectivity index is 1.87. The molecule has 2 bridgehead atoms. The Morgan fingerprint density at radius 2 is 2.12 bits per heavy atom. The smallest absolute Gasteiger partial charge is 0.491 e. The van der Waals surface area contributed by atoms with Crippen molar-refractivity contribution < 1.29 is 32.2 Å². The topological polar surface area (TPSA) is 60.0 Å². The lowest BCUT2D eigenvalue weighted by molar-refractivity contribution is -0.226. The molecule has 1 N–H and O–H groups in total. The molecular weight excluding hydrogens is 353 g/mol. The standard InChI is InChI=1S/C17H19F3N2O4/c1-24-13-4-3-11(14(7-13)25-2)9-22-12-5-6-16(22,10-21-8-12)26-15(23)17(18,19)20/h3-7,12,21H,8-10H2,1-2H3/t12-,16+/m0/s1. The summed E-state index contributed by atoms with van der Waals surface area (Å²) in [5.74, 6) is -1.07. The normalized spacial score (nSPS) is 25.2. The first-order valence-corrected chi connectivity index (χ1v) is 7.97. The number of alkyl halides is 3. The van der Waals surface area contributed by atoms with Crippen LogP contribution in [0.4, 0.5) is 13.2 Å². The molecule has 2 aliphatic rings. The van der Waals surface area contributed by atoms with Crippen LogP contribution in [-0.4, -0.2) is 56.1 Å². The van der Waals surface area contributed by atoms with Gasteiger partial charge in [0.05, 0.1) is 20.8 Å². The number of benzene rings is 1. The Kier molecular flexibility index (Phi) is 4.85. The fourth-order valence-corrected chi connectivity index (χ4v) is 3.24. The highest BCUT2D eigenvalue weighted by molar-refractivity contribution is 5.76. The zero-order chi connectivity index (χ0) is 18.9. The summed E-state index contributed by atoms with van der Waals surface area (Å²) in [6.45, 7) is 0.859. The zero-order valence-corrected chi connectivity index (χ0v) is 14.3. The number of halogens is 3. The summed E-state index contributed by atoms with van der Waals surface area (Å²) in [5, 5.41) is 3.01. The molecule has 0 amide bonds. The minimum atomic E-state index is -5.05. The van der Waals surface area contributed by atoms with Gasteiger partial charge in [-0.1, -0.05) is 12.1 Å². The van der Waals surface area contributed by atoms with Crippen molar-refractivity contribution in [3.63, 3.8) is 0 Å². The number of hydrogen-bond donors (Lipinski definition) is 1. The molecule has 1 fully saturated rings. The first-order valence-electron chi connectivity index (χ1n) is 7.97. The average Bonchev–Trinajstić information content (AvgIpc) is 2.79. The quantitative estimate of drug-likeness (QED) is 0.629. The fourth-order valence-electron chi connectivity index (χ4n) is 3.24. The van der Waals surface area contributed by atoms with Crippen LogP contribution in [0.5, 0.6) is 11.5 Å². The predicted octanol–water partition coefficient (Wildman–Crippen LogP) is 1.85. The number of methoxy groups -OCH3 is 2. The molecule has 0 radical (unpaired) electrons. The Morgan fingerprint density at radius 1 is 1.35 bits per heavy atom. The minimum absolute atomic E-state index is 0.0697. The average molecular weight is 372 g/mol. The number of nitrogens with zero attached hydrogens (tertiary/aromatic N) is 1. The monoisotopic (exact) mass is 372 g/mol. The van der Waals surface area contributed by atoms with Gasteiger partial charge in [0.2, 0.25) is 0 Å². The van der Waals surface area contributed by atoms with E-state index in [9.17, 15) is 18.0 Å². The summed E-state index contributed by atoms with van der Waals surface area (Å²) < 4.78 is 53.5. The molecule has 0 unspecified atom stereocenters. The summed E-state index contributed by atoms with van der Waals surface area (Å²) in [6.07, 6.45) is -1.79. The first kappa shape index (κ1) is 18.5. The maximum Gasteiger partial charge on any atom is 0.491 e. The van der Waals surface area contributed by atoms with Crippen LogP contribution < -0.4 is 14.8 Å². The van der Waals surface area contributed by atoms with Crippen molar-refractivity contribution in [3.8, 4) is 11.5 Å². The van der Waals surface area contributed by atoms with Crippen molar-refractivity contribution >= 4 is 5.97 Å². The van der Waals surface area contributed by atoms with Crippen LogP contribution in [0.3, 0.4) is 0 Å². The summed E-state index contributed by atoms with van der Waals surface area (Å²) in [7, 11) is 3.03. The number of fused-ring (bicyclic) bond motifs is 2. The summed E-state index contributed by atoms with van der Waals surface area (Å²) >= 11 is 0. The van der Waals surface area contributed by atoms with Crippen LogP contribution in [0.1, 0.15) is 5.56 Å². The van der Waals surface area contributed by atoms with E-state index in [1.165, 1.54) is 20.3 Å². The van der Waals surface area contributed by atoms with Gasteiger partial charge in [-0.3, -0.25) is 0 Å². The Morgan fingerprint density at radius 3 is 2.77 bits per heavy atom. The number of rotatable bonds is 5. The largest absolute Gasteiger partial charge is 0.497 e. The molecule has 6 nitrogen and oxygen atoms in total. The highest BCUT2D eigenvalue weighted by Crippen LogP contribution is 2.37. The van der Waals surface area contributed by atoms with Gasteiger partial charge in [-0.25, -0.2) is 9.69 Å². The maximum absolute atomic E-state index is 12.7. The molecule has 1 saturated heterocycles. The molecule has 1 aromatic rings. The van der Waals surface area contributed by atoms with Crippen molar-refractivity contribution in [1.82, 2.24) is 10.2 Å². The third kappa shape index (κ3) is 3.36. The Labute approximate surface area is 148 Å². The number of hydrogen-bond acceptors (Lipinski definition) is 6. The summed E-state index contributed by atoms with van der Waals surface area (Å²) in [4.78, 5) is 13.2. The van der Waals surface area contributed by atoms with E-state index < -0.39 is 17.9 Å². The number of carbonyl (C=O) groups excluding carboxylic acids is 1. The van der Waals surface area contributed by atoms with Gasteiger partial charge in [0.25, 0.3) is 0 Å². The molecule has 2 atom stereocenters. The van der Waals surface area contributed by atoms with E-state index in [1.807, 2.05) is 0 Å². The second-order valence-electron chi connectivity index (χ2n) is 6.10. The van der Waals surface area contributed by atoms with Crippen molar-refractivity contribution in [3.05, 3.63) is 35.9 Å². The summed E-state index contributed by atoms with van der Waals surface area (Å²) in [6, 6.07) is 5.01. The van der Waals surface area contributed by atoms with E-state index in [1.54, 1.807) is 29.2 Å². The van der Waals surface area contributed by atoms with E-state index in [0.29, 0.717) is 18.0 Å². The number of carbonyl (C=O) groups is 1. The van der Waals surface area contributed by atoms with Crippen LogP contribution in [0.25, 0.3) is 0 Å². The zero-order valence-electron chi connectivity index (χ0n) is 14.3. The van der Waals surface area contributed by atoms with Crippen molar-refractivity contribution in [2.45, 2.75) is 24.5 Å². The van der Waals surface area contributed by atoms with E-state index in [4.69, 9.17) is 14.2 Å². The Bertz CT molecular complexity index is 722. The van der Waals surface area contributed by atoms with Gasteiger partial charge >= 0.3 is 12.1 Å². The van der Waals surface area contributed by atoms with Crippen LogP contribution in [-0.2, 0) is 16.1 Å². The highest BCUT2D eigenvalue weighted by Gasteiger charge is 2.53. The molecule has 2 heterocycles. The van der Waals surface area contributed by atoms with E-state index in [-0.39, 0.29) is 19.1 Å². The van der Waals surface area contributed by atoms with Gasteiger partial charge in [-0.2, -0.15) is 13.2 Å². The molecule has 2 aliphatic heterocycles.